The smallest absolute Gasteiger partial charge is 0.226 e. The van der Waals surface area contributed by atoms with Crippen LogP contribution in [0.15, 0.2) is 59.1 Å². The number of aromatic nitrogens is 2. The molecule has 2 N–H and O–H groups in total. The third kappa shape index (κ3) is 7.28. The number of nitrogens with one attached hydrogen (secondary N) is 2. The van der Waals surface area contributed by atoms with E-state index in [9.17, 15) is 13.2 Å². The van der Waals surface area contributed by atoms with Gasteiger partial charge in [-0.3, -0.25) is 4.79 Å². The zero-order valence-electron chi connectivity index (χ0n) is 18.2. The van der Waals surface area contributed by atoms with Crippen LogP contribution in [-0.2, 0) is 33.5 Å². The number of hydrogen-bond donors (Lipinski definition) is 2. The van der Waals surface area contributed by atoms with Gasteiger partial charge in [0.05, 0.1) is 5.75 Å². The molecule has 3 rings (SSSR count). The van der Waals surface area contributed by atoms with Crippen LogP contribution in [0, 0.1) is 0 Å². The van der Waals surface area contributed by atoms with Crippen molar-refractivity contribution in [3.63, 3.8) is 0 Å². The van der Waals surface area contributed by atoms with Crippen LogP contribution in [-0.4, -0.2) is 30.5 Å². The maximum Gasteiger partial charge on any atom is 0.226 e. The van der Waals surface area contributed by atoms with Crippen LogP contribution in [0.3, 0.4) is 0 Å². The second-order valence-electron chi connectivity index (χ2n) is 7.81. The summed E-state index contributed by atoms with van der Waals surface area (Å²) in [5, 5.41) is 6.84. The molecule has 0 aliphatic rings. The standard InChI is InChI=1S/C23H28N4O4S/c1-17(2)27-32(29,30)16-20-12-7-6-11-19(20)15-24-21(28)13-8-14-22-25-23(26-31-22)18-9-4-3-5-10-18/h3-7,9-12,17,27H,8,13-16H2,1-2H3,(H,24,28). The Kier molecular flexibility index (Phi) is 8.13. The van der Waals surface area contributed by atoms with Crippen LogP contribution < -0.4 is 10.0 Å². The monoisotopic (exact) mass is 456 g/mol. The van der Waals surface area contributed by atoms with Gasteiger partial charge in [-0.15, -0.1) is 0 Å². The van der Waals surface area contributed by atoms with E-state index in [4.69, 9.17) is 4.52 Å². The third-order valence-electron chi connectivity index (χ3n) is 4.65. The molecule has 9 heteroatoms. The van der Waals surface area contributed by atoms with Crippen molar-refractivity contribution < 1.29 is 17.7 Å². The van der Waals surface area contributed by atoms with Crippen LogP contribution in [0.4, 0.5) is 0 Å². The molecular weight excluding hydrogens is 428 g/mol. The van der Waals surface area contributed by atoms with E-state index in [-0.39, 0.29) is 24.2 Å². The summed E-state index contributed by atoms with van der Waals surface area (Å²) in [7, 11) is -3.44. The molecule has 0 fully saturated rings. The molecule has 1 aromatic heterocycles. The van der Waals surface area contributed by atoms with Crippen molar-refractivity contribution in [2.75, 3.05) is 0 Å². The number of aryl methyl sites for hydroxylation is 1. The minimum absolute atomic E-state index is 0.120. The van der Waals surface area contributed by atoms with Gasteiger partial charge in [0.1, 0.15) is 0 Å². The van der Waals surface area contributed by atoms with E-state index in [0.717, 1.165) is 11.1 Å². The van der Waals surface area contributed by atoms with E-state index in [2.05, 4.69) is 20.2 Å². The summed E-state index contributed by atoms with van der Waals surface area (Å²) < 4.78 is 32.3. The first kappa shape index (κ1) is 23.6. The lowest BCUT2D eigenvalue weighted by Crippen LogP contribution is -2.31. The second kappa shape index (κ2) is 11.0. The highest BCUT2D eigenvalue weighted by Gasteiger charge is 2.16. The van der Waals surface area contributed by atoms with Crippen molar-refractivity contribution in [3.05, 3.63) is 71.6 Å². The first-order valence-corrected chi connectivity index (χ1v) is 12.2. The van der Waals surface area contributed by atoms with Gasteiger partial charge in [0, 0.05) is 31.0 Å². The minimum atomic E-state index is -3.44. The molecular formula is C23H28N4O4S. The van der Waals surface area contributed by atoms with Gasteiger partial charge in [0.2, 0.25) is 27.6 Å². The van der Waals surface area contributed by atoms with Gasteiger partial charge in [0.25, 0.3) is 0 Å². The summed E-state index contributed by atoms with van der Waals surface area (Å²) in [6, 6.07) is 16.6. The molecule has 1 heterocycles. The fourth-order valence-corrected chi connectivity index (χ4v) is 4.71. The van der Waals surface area contributed by atoms with Gasteiger partial charge in [-0.05, 0) is 31.4 Å². The normalized spacial score (nSPS) is 11.6. The zero-order chi connectivity index (χ0) is 23.0. The van der Waals surface area contributed by atoms with Crippen LogP contribution in [0.1, 0.15) is 43.7 Å². The molecule has 0 radical (unpaired) electrons. The number of hydrogen-bond acceptors (Lipinski definition) is 6. The molecule has 32 heavy (non-hydrogen) atoms. The molecule has 0 unspecified atom stereocenters. The number of benzene rings is 2. The van der Waals surface area contributed by atoms with Crippen LogP contribution in [0.2, 0.25) is 0 Å². The summed E-state index contributed by atoms with van der Waals surface area (Å²) in [6.07, 6.45) is 1.37. The minimum Gasteiger partial charge on any atom is -0.352 e. The number of amides is 1. The Morgan fingerprint density at radius 2 is 1.72 bits per heavy atom. The van der Waals surface area contributed by atoms with Crippen molar-refractivity contribution >= 4 is 15.9 Å². The predicted octanol–water partition coefficient (Wildman–Crippen LogP) is 3.20. The van der Waals surface area contributed by atoms with Gasteiger partial charge >= 0.3 is 0 Å². The van der Waals surface area contributed by atoms with Crippen molar-refractivity contribution in [1.82, 2.24) is 20.2 Å². The van der Waals surface area contributed by atoms with E-state index in [0.29, 0.717) is 36.5 Å². The maximum absolute atomic E-state index is 12.3. The van der Waals surface area contributed by atoms with Crippen molar-refractivity contribution in [2.45, 2.75) is 51.4 Å². The average molecular weight is 457 g/mol. The Labute approximate surface area is 188 Å². The van der Waals surface area contributed by atoms with Gasteiger partial charge in [-0.1, -0.05) is 59.8 Å². The van der Waals surface area contributed by atoms with E-state index >= 15 is 0 Å². The Hall–Kier alpha value is -3.04. The van der Waals surface area contributed by atoms with Crippen molar-refractivity contribution in [1.29, 1.82) is 0 Å². The molecule has 1 amide bonds. The molecule has 8 nitrogen and oxygen atoms in total. The van der Waals surface area contributed by atoms with Gasteiger partial charge < -0.3 is 9.84 Å². The number of carbonyl (C=O) groups is 1. The van der Waals surface area contributed by atoms with Crippen LogP contribution in [0.25, 0.3) is 11.4 Å². The Balaban J connectivity index is 1.47. The molecule has 170 valence electrons. The Morgan fingerprint density at radius 3 is 2.44 bits per heavy atom. The fraction of sp³-hybridized carbons (Fsp3) is 0.348. The number of carbonyl (C=O) groups excluding carboxylic acids is 1. The molecule has 2 aromatic carbocycles. The summed E-state index contributed by atoms with van der Waals surface area (Å²) >= 11 is 0. The summed E-state index contributed by atoms with van der Waals surface area (Å²) in [4.78, 5) is 16.6. The van der Waals surface area contributed by atoms with Crippen LogP contribution >= 0.6 is 0 Å². The van der Waals surface area contributed by atoms with E-state index in [1.165, 1.54) is 0 Å². The summed E-state index contributed by atoms with van der Waals surface area (Å²) in [6.45, 7) is 3.83. The third-order valence-corrected chi connectivity index (χ3v) is 6.17. The first-order valence-electron chi connectivity index (χ1n) is 10.5. The topological polar surface area (TPSA) is 114 Å². The number of sulfonamides is 1. The Morgan fingerprint density at radius 1 is 1.03 bits per heavy atom. The highest BCUT2D eigenvalue weighted by Crippen LogP contribution is 2.16. The van der Waals surface area contributed by atoms with Crippen molar-refractivity contribution in [2.24, 2.45) is 0 Å². The maximum atomic E-state index is 12.3. The highest BCUT2D eigenvalue weighted by atomic mass is 32.2. The fourth-order valence-electron chi connectivity index (χ4n) is 3.22. The Bertz CT molecular complexity index is 1130. The lowest BCUT2D eigenvalue weighted by molar-refractivity contribution is -0.121. The SMILES string of the molecule is CC(C)NS(=O)(=O)Cc1ccccc1CNC(=O)CCCc1nc(-c2ccccc2)no1. The van der Waals surface area contributed by atoms with E-state index in [1.54, 1.807) is 26.0 Å². The molecule has 0 spiro atoms. The first-order chi connectivity index (χ1) is 15.3. The number of nitrogens with zero attached hydrogens (tertiary/aromatic N) is 2. The second-order valence-corrected chi connectivity index (χ2v) is 9.56. The lowest BCUT2D eigenvalue weighted by Gasteiger charge is -2.13. The van der Waals surface area contributed by atoms with Gasteiger partial charge in [-0.2, -0.15) is 4.98 Å². The molecule has 0 aliphatic carbocycles. The molecule has 0 aliphatic heterocycles. The summed E-state index contributed by atoms with van der Waals surface area (Å²) in [5.74, 6) is 0.775. The predicted molar refractivity (Wildman–Crippen MR) is 122 cm³/mol. The number of rotatable bonds is 11. The molecule has 0 atom stereocenters. The summed E-state index contributed by atoms with van der Waals surface area (Å²) in [5.41, 5.74) is 2.32. The molecule has 0 saturated carbocycles. The van der Waals surface area contributed by atoms with E-state index in [1.807, 2.05) is 42.5 Å². The molecule has 0 bridgehead atoms. The molecule has 0 saturated heterocycles. The quantitative estimate of drug-likeness (QED) is 0.458. The van der Waals surface area contributed by atoms with Gasteiger partial charge in [-0.25, -0.2) is 13.1 Å². The van der Waals surface area contributed by atoms with E-state index < -0.39 is 10.0 Å². The lowest BCUT2D eigenvalue weighted by atomic mass is 10.1. The highest BCUT2D eigenvalue weighted by molar-refractivity contribution is 7.88. The van der Waals surface area contributed by atoms with Crippen molar-refractivity contribution in [3.8, 4) is 11.4 Å². The largest absolute Gasteiger partial charge is 0.352 e. The zero-order valence-corrected chi connectivity index (χ0v) is 19.1. The average Bonchev–Trinajstić information content (AvgIpc) is 3.21. The van der Waals surface area contributed by atoms with Crippen LogP contribution in [0.5, 0.6) is 0 Å². The molecule has 3 aromatic rings. The van der Waals surface area contributed by atoms with Gasteiger partial charge in [0.15, 0.2) is 0 Å².